The second-order valence-electron chi connectivity index (χ2n) is 12.3. The Kier molecular flexibility index (Phi) is 6.28. The third-order valence-corrected chi connectivity index (χ3v) is 9.45. The van der Waals surface area contributed by atoms with E-state index in [9.17, 15) is 0 Å². The molecule has 4 aromatic heterocycles. The Morgan fingerprint density at radius 2 is 1.16 bits per heavy atom. The molecule has 0 N–H and O–H groups in total. The van der Waals surface area contributed by atoms with Gasteiger partial charge in [-0.3, -0.25) is 4.57 Å². The Labute approximate surface area is 289 Å². The van der Waals surface area contributed by atoms with E-state index in [1.807, 2.05) is 48.5 Å². The maximum atomic E-state index is 5.32. The molecule has 4 heteroatoms. The molecule has 0 bridgehead atoms. The van der Waals surface area contributed by atoms with Crippen molar-refractivity contribution in [3.63, 3.8) is 0 Å². The number of benzene rings is 4. The van der Waals surface area contributed by atoms with Crippen LogP contribution in [0.1, 0.15) is 0 Å². The van der Waals surface area contributed by atoms with Gasteiger partial charge in [0.1, 0.15) is 5.82 Å². The fourth-order valence-electron chi connectivity index (χ4n) is 7.31. The first kappa shape index (κ1) is 27.9. The van der Waals surface area contributed by atoms with E-state index in [4.69, 9.17) is 9.97 Å². The number of hydrogen-bond donors (Lipinski definition) is 0. The molecule has 6 aromatic carbocycles. The first-order chi connectivity index (χ1) is 24.8. The molecule has 0 aliphatic rings. The van der Waals surface area contributed by atoms with E-state index in [1.165, 1.54) is 21.5 Å². The van der Waals surface area contributed by atoms with Gasteiger partial charge in [0, 0.05) is 38.7 Å². The Hall–Kier alpha value is -7.14. The molecule has 0 saturated heterocycles. The summed E-state index contributed by atoms with van der Waals surface area (Å²) in [6.07, 6.45) is 0. The number of para-hydroxylation sites is 2. The normalized spacial score (nSPS) is 11.3. The van der Waals surface area contributed by atoms with Gasteiger partial charge in [0.15, 0.2) is 0 Å². The lowest BCUT2D eigenvalue weighted by atomic mass is 10.0. The van der Waals surface area contributed by atoms with Crippen molar-refractivity contribution in [2.45, 2.75) is 0 Å². The highest BCUT2D eigenvalue weighted by molar-refractivity contribution is 6.28. The second-order valence-corrected chi connectivity index (χ2v) is 12.3. The van der Waals surface area contributed by atoms with Gasteiger partial charge >= 0.3 is 0 Å². The molecule has 4 heterocycles. The summed E-state index contributed by atoms with van der Waals surface area (Å²) >= 11 is 0. The molecule has 0 unspecified atom stereocenters. The molecule has 10 rings (SSSR count). The maximum absolute atomic E-state index is 5.32. The van der Waals surface area contributed by atoms with Crippen LogP contribution in [0.2, 0.25) is 0 Å². The van der Waals surface area contributed by atoms with Crippen molar-refractivity contribution in [3.05, 3.63) is 182 Å². The third-order valence-electron chi connectivity index (χ3n) is 9.45. The number of rotatable bonds is 5. The molecule has 10 aromatic rings. The summed E-state index contributed by atoms with van der Waals surface area (Å²) in [4.78, 5) is 10.5. The zero-order valence-corrected chi connectivity index (χ0v) is 26.8. The Bertz CT molecular complexity index is 2790. The molecule has 0 saturated carbocycles. The van der Waals surface area contributed by atoms with Crippen molar-refractivity contribution in [2.24, 2.45) is 0 Å². The SMILES string of the molecule is c1cccc(-c2cc(-c3ccccc3)nc(-c3cccc(-n4c5ccccc5c5c6c7ccccc7n(-c7cc#ccc7)c6ccc54)n3)c2)c#1. The summed E-state index contributed by atoms with van der Waals surface area (Å²) in [5.74, 6) is 0.832. The van der Waals surface area contributed by atoms with E-state index in [1.54, 1.807) is 0 Å². The van der Waals surface area contributed by atoms with Gasteiger partial charge in [-0.05, 0) is 78.4 Å². The van der Waals surface area contributed by atoms with Gasteiger partial charge in [-0.15, -0.1) is 0 Å². The minimum atomic E-state index is 0.794. The molecule has 4 nitrogen and oxygen atoms in total. The first-order valence-electron chi connectivity index (χ1n) is 16.6. The summed E-state index contributed by atoms with van der Waals surface area (Å²) in [6.45, 7) is 0. The summed E-state index contributed by atoms with van der Waals surface area (Å²) in [5, 5.41) is 4.80. The van der Waals surface area contributed by atoms with Gasteiger partial charge in [-0.2, -0.15) is 0 Å². The predicted octanol–water partition coefficient (Wildman–Crippen LogP) is 10.9. The summed E-state index contributed by atoms with van der Waals surface area (Å²) in [7, 11) is 0. The molecule has 0 amide bonds. The van der Waals surface area contributed by atoms with E-state index in [0.29, 0.717) is 0 Å². The lowest BCUT2D eigenvalue weighted by molar-refractivity contribution is 1.08. The highest BCUT2D eigenvalue weighted by Crippen LogP contribution is 2.42. The van der Waals surface area contributed by atoms with Crippen LogP contribution in [0.25, 0.3) is 88.9 Å². The van der Waals surface area contributed by atoms with Gasteiger partial charge in [0.05, 0.1) is 44.8 Å². The minimum Gasteiger partial charge on any atom is -0.309 e. The minimum absolute atomic E-state index is 0.794. The average molecular weight is 635 g/mol. The summed E-state index contributed by atoms with van der Waals surface area (Å²) < 4.78 is 4.61. The zero-order valence-electron chi connectivity index (χ0n) is 26.8. The number of hydrogen-bond acceptors (Lipinski definition) is 2. The van der Waals surface area contributed by atoms with Gasteiger partial charge in [0.2, 0.25) is 0 Å². The fourth-order valence-corrected chi connectivity index (χ4v) is 7.31. The van der Waals surface area contributed by atoms with E-state index in [2.05, 4.69) is 143 Å². The van der Waals surface area contributed by atoms with Crippen molar-refractivity contribution in [1.29, 1.82) is 0 Å². The molecule has 230 valence electrons. The van der Waals surface area contributed by atoms with E-state index in [-0.39, 0.29) is 0 Å². The zero-order chi connectivity index (χ0) is 33.0. The molecular formula is C46H26N4. The highest BCUT2D eigenvalue weighted by atomic mass is 15.1. The van der Waals surface area contributed by atoms with Crippen LogP contribution in [0.4, 0.5) is 0 Å². The Morgan fingerprint density at radius 3 is 1.90 bits per heavy atom. The molecule has 0 atom stereocenters. The van der Waals surface area contributed by atoms with Gasteiger partial charge in [-0.1, -0.05) is 103 Å². The highest BCUT2D eigenvalue weighted by Gasteiger charge is 2.21. The predicted molar refractivity (Wildman–Crippen MR) is 202 cm³/mol. The maximum Gasteiger partial charge on any atom is 0.138 e. The largest absolute Gasteiger partial charge is 0.309 e. The summed E-state index contributed by atoms with van der Waals surface area (Å²) in [5.41, 5.74) is 11.0. The molecular weight excluding hydrogens is 609 g/mol. The van der Waals surface area contributed by atoms with Crippen LogP contribution >= 0.6 is 0 Å². The fraction of sp³-hybridized carbons (Fsp3) is 0. The number of aromatic nitrogens is 4. The van der Waals surface area contributed by atoms with Gasteiger partial charge < -0.3 is 4.57 Å². The Balaban J connectivity index is 1.22. The number of nitrogens with zero attached hydrogens (tertiary/aromatic N) is 4. The standard InChI is InChI=1S/C46H26N4/c1-4-15-31(16-5-1)33-29-38(32-17-6-2-7-18-32)47-39(30-33)37-23-14-26-44(48-37)50-41-25-13-11-22-36(41)46-43(50)28-27-42-45(46)35-21-10-12-24-40(35)49(42)34-19-8-3-9-20-34/h1-2,4,6-8,10-15,17-30H. The molecule has 0 radical (unpaired) electrons. The quantitative estimate of drug-likeness (QED) is 0.189. The van der Waals surface area contributed by atoms with E-state index < -0.39 is 0 Å². The summed E-state index contributed by atoms with van der Waals surface area (Å²) in [6, 6.07) is 66.9. The molecule has 50 heavy (non-hydrogen) atoms. The molecule has 0 aliphatic heterocycles. The molecule has 0 spiro atoms. The van der Waals surface area contributed by atoms with Crippen LogP contribution in [0.5, 0.6) is 0 Å². The van der Waals surface area contributed by atoms with Crippen molar-refractivity contribution < 1.29 is 0 Å². The van der Waals surface area contributed by atoms with Crippen molar-refractivity contribution in [1.82, 2.24) is 19.1 Å². The van der Waals surface area contributed by atoms with Crippen LogP contribution in [0.15, 0.2) is 158 Å². The first-order valence-corrected chi connectivity index (χ1v) is 16.6. The number of pyridine rings is 2. The van der Waals surface area contributed by atoms with E-state index >= 15 is 0 Å². The van der Waals surface area contributed by atoms with Crippen LogP contribution < -0.4 is 0 Å². The lowest BCUT2D eigenvalue weighted by Gasteiger charge is -2.12. The smallest absolute Gasteiger partial charge is 0.138 e. The van der Waals surface area contributed by atoms with Crippen LogP contribution in [-0.2, 0) is 0 Å². The van der Waals surface area contributed by atoms with Crippen LogP contribution in [0.3, 0.4) is 0 Å². The number of fused-ring (bicyclic) bond motifs is 7. The second kappa shape index (κ2) is 11.2. The van der Waals surface area contributed by atoms with Crippen molar-refractivity contribution in [3.8, 4) is 45.3 Å². The Morgan fingerprint density at radius 1 is 0.440 bits per heavy atom. The van der Waals surface area contributed by atoms with Gasteiger partial charge in [0.25, 0.3) is 0 Å². The molecule has 0 fully saturated rings. The topological polar surface area (TPSA) is 35.6 Å². The average Bonchev–Trinajstić information content (AvgIpc) is 3.72. The van der Waals surface area contributed by atoms with Crippen molar-refractivity contribution >= 4 is 43.6 Å². The van der Waals surface area contributed by atoms with Crippen LogP contribution in [0, 0.1) is 24.3 Å². The van der Waals surface area contributed by atoms with E-state index in [0.717, 1.165) is 67.3 Å². The van der Waals surface area contributed by atoms with Crippen molar-refractivity contribution in [2.75, 3.05) is 0 Å². The molecule has 0 aliphatic carbocycles. The third kappa shape index (κ3) is 4.37. The monoisotopic (exact) mass is 634 g/mol. The van der Waals surface area contributed by atoms with Gasteiger partial charge in [-0.25, -0.2) is 9.97 Å². The lowest BCUT2D eigenvalue weighted by Crippen LogP contribution is -2.00. The van der Waals surface area contributed by atoms with Crippen LogP contribution in [-0.4, -0.2) is 19.1 Å².